The van der Waals surface area contributed by atoms with Gasteiger partial charge >= 0.3 is 12.1 Å². The van der Waals surface area contributed by atoms with Crippen molar-refractivity contribution in [2.24, 2.45) is 0 Å². The van der Waals surface area contributed by atoms with Crippen LogP contribution in [0.5, 0.6) is 5.75 Å². The first-order valence-corrected chi connectivity index (χ1v) is 9.45. The van der Waals surface area contributed by atoms with Crippen molar-refractivity contribution in [3.63, 3.8) is 0 Å². The van der Waals surface area contributed by atoms with Crippen LogP contribution in [0.25, 0.3) is 0 Å². The van der Waals surface area contributed by atoms with Crippen LogP contribution < -0.4 is 10.6 Å². The van der Waals surface area contributed by atoms with Gasteiger partial charge in [-0.15, -0.1) is 0 Å². The van der Waals surface area contributed by atoms with Gasteiger partial charge in [0.25, 0.3) is 0 Å². The van der Waals surface area contributed by atoms with Crippen LogP contribution in [0.4, 0.5) is 9.59 Å². The van der Waals surface area contributed by atoms with Crippen LogP contribution in [0.3, 0.4) is 0 Å². The molecule has 2 rings (SSSR count). The summed E-state index contributed by atoms with van der Waals surface area (Å²) in [6.45, 7) is 8.65. The van der Waals surface area contributed by atoms with E-state index in [2.05, 4.69) is 10.6 Å². The van der Waals surface area contributed by atoms with E-state index in [-0.39, 0.29) is 23.9 Å². The lowest BCUT2D eigenvalue weighted by atomic mass is 10.1. The number of likely N-dealkylation sites (tertiary alicyclic amines) is 1. The van der Waals surface area contributed by atoms with Gasteiger partial charge < -0.3 is 25.4 Å². The molecular formula is C20H31N3O4. The standard InChI is InChI=1S/C20H31N3O4/c1-14(13-15-5-7-17(24)8-6-15)21-18(25)23-11-9-16(10-12-23)22-19(26)27-20(2,3)4/h5-8,14,16,24H,9-13H2,1-4H3,(H,21,25)(H,22,26)/t14-/m0/s1. The molecule has 7 heteroatoms. The largest absolute Gasteiger partial charge is 0.508 e. The van der Waals surface area contributed by atoms with E-state index in [1.165, 1.54) is 0 Å². The number of ether oxygens (including phenoxy) is 1. The summed E-state index contributed by atoms with van der Waals surface area (Å²) in [7, 11) is 0. The third-order valence-electron chi connectivity index (χ3n) is 4.35. The van der Waals surface area contributed by atoms with Crippen LogP contribution >= 0.6 is 0 Å². The Labute approximate surface area is 161 Å². The number of carbonyl (C=O) groups is 2. The smallest absolute Gasteiger partial charge is 0.407 e. The Hall–Kier alpha value is -2.44. The second kappa shape index (κ2) is 8.97. The number of nitrogens with zero attached hydrogens (tertiary/aromatic N) is 1. The summed E-state index contributed by atoms with van der Waals surface area (Å²) in [5, 5.41) is 15.2. The van der Waals surface area contributed by atoms with E-state index in [1.54, 1.807) is 17.0 Å². The summed E-state index contributed by atoms with van der Waals surface area (Å²) in [5.74, 6) is 0.235. The molecule has 3 N–H and O–H groups in total. The van der Waals surface area contributed by atoms with E-state index in [1.807, 2.05) is 39.8 Å². The summed E-state index contributed by atoms with van der Waals surface area (Å²) in [6, 6.07) is 6.92. The zero-order chi connectivity index (χ0) is 20.0. The fraction of sp³-hybridized carbons (Fsp3) is 0.600. The van der Waals surface area contributed by atoms with Crippen LogP contribution in [0.2, 0.25) is 0 Å². The van der Waals surface area contributed by atoms with Crippen molar-refractivity contribution < 1.29 is 19.4 Å². The Morgan fingerprint density at radius 2 is 1.81 bits per heavy atom. The van der Waals surface area contributed by atoms with E-state index in [0.717, 1.165) is 5.56 Å². The summed E-state index contributed by atoms with van der Waals surface area (Å²) in [6.07, 6.45) is 1.70. The normalized spacial score (nSPS) is 16.5. The van der Waals surface area contributed by atoms with Crippen molar-refractivity contribution in [1.29, 1.82) is 0 Å². The van der Waals surface area contributed by atoms with Gasteiger partial charge in [-0.1, -0.05) is 12.1 Å². The molecule has 1 aromatic rings. The minimum Gasteiger partial charge on any atom is -0.508 e. The number of hydrogen-bond acceptors (Lipinski definition) is 4. The van der Waals surface area contributed by atoms with Crippen LogP contribution in [-0.2, 0) is 11.2 Å². The van der Waals surface area contributed by atoms with Gasteiger partial charge in [-0.2, -0.15) is 0 Å². The second-order valence-electron chi connectivity index (χ2n) is 8.13. The summed E-state index contributed by atoms with van der Waals surface area (Å²) < 4.78 is 5.27. The van der Waals surface area contributed by atoms with Gasteiger partial charge in [0.2, 0.25) is 0 Å². The number of hydrogen-bond donors (Lipinski definition) is 3. The zero-order valence-corrected chi connectivity index (χ0v) is 16.6. The monoisotopic (exact) mass is 377 g/mol. The lowest BCUT2D eigenvalue weighted by Gasteiger charge is -2.33. The quantitative estimate of drug-likeness (QED) is 0.752. The Morgan fingerprint density at radius 1 is 1.22 bits per heavy atom. The first-order valence-electron chi connectivity index (χ1n) is 9.45. The van der Waals surface area contributed by atoms with Crippen molar-refractivity contribution in [1.82, 2.24) is 15.5 Å². The van der Waals surface area contributed by atoms with Gasteiger partial charge in [-0.05, 0) is 64.7 Å². The fourth-order valence-corrected chi connectivity index (χ4v) is 3.04. The van der Waals surface area contributed by atoms with E-state index in [9.17, 15) is 14.7 Å². The molecule has 1 aliphatic rings. The molecule has 0 bridgehead atoms. The van der Waals surface area contributed by atoms with Crippen molar-refractivity contribution in [3.05, 3.63) is 29.8 Å². The van der Waals surface area contributed by atoms with E-state index >= 15 is 0 Å². The highest BCUT2D eigenvalue weighted by molar-refractivity contribution is 5.74. The molecule has 1 heterocycles. The Bertz CT molecular complexity index is 632. The molecule has 27 heavy (non-hydrogen) atoms. The number of benzene rings is 1. The molecule has 1 atom stereocenters. The Balaban J connectivity index is 1.72. The molecule has 0 spiro atoms. The predicted molar refractivity (Wildman–Crippen MR) is 104 cm³/mol. The molecule has 1 fully saturated rings. The maximum Gasteiger partial charge on any atom is 0.407 e. The molecule has 0 aliphatic carbocycles. The van der Waals surface area contributed by atoms with Crippen LogP contribution in [-0.4, -0.2) is 52.9 Å². The van der Waals surface area contributed by atoms with E-state index < -0.39 is 11.7 Å². The molecular weight excluding hydrogens is 346 g/mol. The molecule has 0 aromatic heterocycles. The average Bonchev–Trinajstić information content (AvgIpc) is 2.55. The summed E-state index contributed by atoms with van der Waals surface area (Å²) in [5.41, 5.74) is 0.541. The van der Waals surface area contributed by atoms with Crippen molar-refractivity contribution in [2.45, 2.75) is 64.6 Å². The van der Waals surface area contributed by atoms with Gasteiger partial charge in [0.05, 0.1) is 0 Å². The van der Waals surface area contributed by atoms with Gasteiger partial charge in [0, 0.05) is 25.2 Å². The average molecular weight is 377 g/mol. The molecule has 1 saturated heterocycles. The van der Waals surface area contributed by atoms with Crippen LogP contribution in [0.15, 0.2) is 24.3 Å². The molecule has 3 amide bonds. The number of amides is 3. The number of nitrogens with one attached hydrogen (secondary N) is 2. The number of rotatable bonds is 4. The fourth-order valence-electron chi connectivity index (χ4n) is 3.04. The highest BCUT2D eigenvalue weighted by atomic mass is 16.6. The number of piperidine rings is 1. The van der Waals surface area contributed by atoms with Crippen molar-refractivity contribution in [3.8, 4) is 5.75 Å². The number of urea groups is 1. The summed E-state index contributed by atoms with van der Waals surface area (Å²) in [4.78, 5) is 26.1. The second-order valence-corrected chi connectivity index (χ2v) is 8.13. The topological polar surface area (TPSA) is 90.9 Å². The van der Waals surface area contributed by atoms with Crippen LogP contribution in [0, 0.1) is 0 Å². The minimum absolute atomic E-state index is 0.0142. The Kier molecular flexibility index (Phi) is 6.93. The molecule has 150 valence electrons. The van der Waals surface area contributed by atoms with E-state index in [0.29, 0.717) is 32.4 Å². The Morgan fingerprint density at radius 3 is 2.37 bits per heavy atom. The number of aromatic hydroxyl groups is 1. The van der Waals surface area contributed by atoms with Gasteiger partial charge in [0.1, 0.15) is 11.4 Å². The minimum atomic E-state index is -0.516. The molecule has 0 radical (unpaired) electrons. The summed E-state index contributed by atoms with van der Waals surface area (Å²) >= 11 is 0. The first-order chi connectivity index (χ1) is 12.6. The molecule has 0 saturated carbocycles. The first kappa shape index (κ1) is 20.9. The SMILES string of the molecule is C[C@@H](Cc1ccc(O)cc1)NC(=O)N1CCC(NC(=O)OC(C)(C)C)CC1. The van der Waals surface area contributed by atoms with Crippen molar-refractivity contribution in [2.75, 3.05) is 13.1 Å². The molecule has 0 unspecified atom stereocenters. The maximum atomic E-state index is 12.4. The lowest BCUT2D eigenvalue weighted by molar-refractivity contribution is 0.0485. The number of alkyl carbamates (subject to hydrolysis) is 1. The highest BCUT2D eigenvalue weighted by Gasteiger charge is 2.26. The van der Waals surface area contributed by atoms with Gasteiger partial charge in [-0.25, -0.2) is 9.59 Å². The molecule has 7 nitrogen and oxygen atoms in total. The number of phenols is 1. The van der Waals surface area contributed by atoms with Crippen molar-refractivity contribution >= 4 is 12.1 Å². The molecule has 1 aliphatic heterocycles. The number of carbonyl (C=O) groups excluding carboxylic acids is 2. The van der Waals surface area contributed by atoms with Gasteiger partial charge in [0.15, 0.2) is 0 Å². The zero-order valence-electron chi connectivity index (χ0n) is 16.6. The lowest BCUT2D eigenvalue weighted by Crippen LogP contribution is -2.51. The highest BCUT2D eigenvalue weighted by Crippen LogP contribution is 2.14. The number of phenolic OH excluding ortho intramolecular Hbond substituents is 1. The molecule has 1 aromatic carbocycles. The third kappa shape index (κ3) is 7.37. The third-order valence-corrected chi connectivity index (χ3v) is 4.35. The van der Waals surface area contributed by atoms with Crippen LogP contribution in [0.1, 0.15) is 46.1 Å². The van der Waals surface area contributed by atoms with E-state index in [4.69, 9.17) is 4.74 Å². The van der Waals surface area contributed by atoms with Gasteiger partial charge in [-0.3, -0.25) is 0 Å². The maximum absolute atomic E-state index is 12.4. The predicted octanol–water partition coefficient (Wildman–Crippen LogP) is 3.02.